The molecular weight excluding hydrogens is 389 g/mol. The van der Waals surface area contributed by atoms with Crippen LogP contribution in [0.1, 0.15) is 12.5 Å². The number of para-hydroxylation sites is 1. The lowest BCUT2D eigenvalue weighted by molar-refractivity contribution is -0.120. The van der Waals surface area contributed by atoms with Gasteiger partial charge in [-0.15, -0.1) is 6.58 Å². The molecule has 29 heavy (non-hydrogen) atoms. The van der Waals surface area contributed by atoms with Crippen molar-refractivity contribution >= 4 is 28.6 Å². The molecule has 0 unspecified atom stereocenters. The van der Waals surface area contributed by atoms with Crippen LogP contribution in [0.3, 0.4) is 0 Å². The number of hydrogen-bond donors (Lipinski definition) is 1. The van der Waals surface area contributed by atoms with Crippen LogP contribution in [0.15, 0.2) is 71.1 Å². The monoisotopic (exact) mass is 411 g/mol. The van der Waals surface area contributed by atoms with Crippen molar-refractivity contribution in [1.29, 1.82) is 0 Å². The zero-order chi connectivity index (χ0) is 20.8. The number of benzene rings is 2. The lowest BCUT2D eigenvalue weighted by Crippen LogP contribution is -2.33. The van der Waals surface area contributed by atoms with Crippen LogP contribution in [-0.2, 0) is 17.8 Å². The van der Waals surface area contributed by atoms with Gasteiger partial charge in [-0.25, -0.2) is 9.37 Å². The first-order chi connectivity index (χ1) is 14.0. The van der Waals surface area contributed by atoms with E-state index in [0.29, 0.717) is 35.6 Å². The second-order valence-corrected chi connectivity index (χ2v) is 7.85. The van der Waals surface area contributed by atoms with Gasteiger partial charge < -0.3 is 5.32 Å². The molecule has 1 amide bonds. The summed E-state index contributed by atoms with van der Waals surface area (Å²) in [4.78, 5) is 29.8. The standard InChI is InChI=1S/C22H22FN3O2S/c1-3-14-26-21(28)18-6-4-5-7-19(18)25-22(26)29-15(2)20(27)24-13-12-16-8-10-17(23)11-9-16/h3-11,15H,1,12-14H2,2H3,(H,24,27)/t15-/m0/s1. The van der Waals surface area contributed by atoms with Crippen LogP contribution in [0.4, 0.5) is 4.39 Å². The first-order valence-corrected chi connectivity index (χ1v) is 10.2. The molecule has 3 rings (SSSR count). The highest BCUT2D eigenvalue weighted by atomic mass is 32.2. The van der Waals surface area contributed by atoms with Gasteiger partial charge in [0.2, 0.25) is 5.91 Å². The van der Waals surface area contributed by atoms with E-state index in [1.165, 1.54) is 28.5 Å². The van der Waals surface area contributed by atoms with E-state index in [0.717, 1.165) is 5.56 Å². The summed E-state index contributed by atoms with van der Waals surface area (Å²) in [5.41, 5.74) is 1.40. The second kappa shape index (κ2) is 9.52. The number of nitrogens with one attached hydrogen (secondary N) is 1. The Balaban J connectivity index is 1.69. The first kappa shape index (κ1) is 20.8. The van der Waals surface area contributed by atoms with E-state index in [1.807, 2.05) is 6.07 Å². The maximum absolute atomic E-state index is 13.0. The van der Waals surface area contributed by atoms with E-state index in [9.17, 15) is 14.0 Å². The molecule has 0 bridgehead atoms. The Morgan fingerprint density at radius 2 is 2.00 bits per heavy atom. The topological polar surface area (TPSA) is 64.0 Å². The highest BCUT2D eigenvalue weighted by molar-refractivity contribution is 8.00. The molecule has 0 fully saturated rings. The molecule has 3 aromatic rings. The Morgan fingerprint density at radius 1 is 1.28 bits per heavy atom. The van der Waals surface area contributed by atoms with Gasteiger partial charge in [0.1, 0.15) is 5.82 Å². The van der Waals surface area contributed by atoms with Crippen molar-refractivity contribution in [1.82, 2.24) is 14.9 Å². The fourth-order valence-electron chi connectivity index (χ4n) is 2.86. The van der Waals surface area contributed by atoms with Crippen molar-refractivity contribution in [2.45, 2.75) is 30.3 Å². The average Bonchev–Trinajstić information content (AvgIpc) is 2.72. The maximum atomic E-state index is 13.0. The van der Waals surface area contributed by atoms with E-state index in [2.05, 4.69) is 16.9 Å². The van der Waals surface area contributed by atoms with Gasteiger partial charge in [-0.05, 0) is 43.2 Å². The lowest BCUT2D eigenvalue weighted by atomic mass is 10.1. The summed E-state index contributed by atoms with van der Waals surface area (Å²) in [6.07, 6.45) is 2.24. The van der Waals surface area contributed by atoms with Crippen molar-refractivity contribution in [2.75, 3.05) is 6.54 Å². The average molecular weight is 412 g/mol. The smallest absolute Gasteiger partial charge is 0.262 e. The molecule has 0 saturated carbocycles. The molecule has 1 aromatic heterocycles. The quantitative estimate of drug-likeness (QED) is 0.350. The summed E-state index contributed by atoms with van der Waals surface area (Å²) < 4.78 is 14.5. The van der Waals surface area contributed by atoms with Gasteiger partial charge >= 0.3 is 0 Å². The Morgan fingerprint density at radius 3 is 2.72 bits per heavy atom. The van der Waals surface area contributed by atoms with Gasteiger partial charge in [-0.1, -0.05) is 42.1 Å². The fraction of sp³-hybridized carbons (Fsp3) is 0.227. The van der Waals surface area contributed by atoms with Gasteiger partial charge in [0.25, 0.3) is 5.56 Å². The summed E-state index contributed by atoms with van der Waals surface area (Å²) in [6, 6.07) is 13.4. The van der Waals surface area contributed by atoms with Gasteiger partial charge in [0.05, 0.1) is 16.2 Å². The second-order valence-electron chi connectivity index (χ2n) is 6.54. The van der Waals surface area contributed by atoms with Crippen molar-refractivity contribution in [2.24, 2.45) is 0 Å². The molecule has 1 N–H and O–H groups in total. The number of allylic oxidation sites excluding steroid dienone is 1. The van der Waals surface area contributed by atoms with Crippen LogP contribution < -0.4 is 10.9 Å². The molecule has 0 aliphatic rings. The summed E-state index contributed by atoms with van der Waals surface area (Å²) in [5, 5.41) is 3.46. The molecule has 0 saturated heterocycles. The Kier molecular flexibility index (Phi) is 6.82. The molecular formula is C22H22FN3O2S. The van der Waals surface area contributed by atoms with E-state index < -0.39 is 5.25 Å². The van der Waals surface area contributed by atoms with Crippen LogP contribution in [0, 0.1) is 5.82 Å². The number of hydrogen-bond acceptors (Lipinski definition) is 4. The molecule has 2 aromatic carbocycles. The summed E-state index contributed by atoms with van der Waals surface area (Å²) >= 11 is 1.24. The molecule has 0 aliphatic carbocycles. The highest BCUT2D eigenvalue weighted by Gasteiger charge is 2.18. The Hall–Kier alpha value is -2.93. The molecule has 1 atom stereocenters. The SMILES string of the molecule is C=CCn1c(S[C@@H](C)C(=O)NCCc2ccc(F)cc2)nc2ccccc2c1=O. The number of amides is 1. The van der Waals surface area contributed by atoms with Gasteiger partial charge in [-0.2, -0.15) is 0 Å². The van der Waals surface area contributed by atoms with Gasteiger partial charge in [0.15, 0.2) is 5.16 Å². The van der Waals surface area contributed by atoms with Gasteiger partial charge in [0, 0.05) is 13.1 Å². The molecule has 5 nitrogen and oxygen atoms in total. The van der Waals surface area contributed by atoms with Crippen LogP contribution in [0.5, 0.6) is 0 Å². The van der Waals surface area contributed by atoms with E-state index in [4.69, 9.17) is 0 Å². The molecule has 0 spiro atoms. The number of carbonyl (C=O) groups is 1. The predicted octanol–water partition coefficient (Wildman–Crippen LogP) is 3.56. The predicted molar refractivity (Wildman–Crippen MR) is 115 cm³/mol. The largest absolute Gasteiger partial charge is 0.355 e. The van der Waals surface area contributed by atoms with Crippen molar-refractivity contribution in [3.63, 3.8) is 0 Å². The number of carbonyl (C=O) groups excluding carboxylic acids is 1. The minimum atomic E-state index is -0.438. The van der Waals surface area contributed by atoms with Crippen molar-refractivity contribution in [3.05, 3.63) is 82.9 Å². The first-order valence-electron chi connectivity index (χ1n) is 9.29. The summed E-state index contributed by atoms with van der Waals surface area (Å²) in [7, 11) is 0. The number of rotatable bonds is 8. The highest BCUT2D eigenvalue weighted by Crippen LogP contribution is 2.22. The zero-order valence-corrected chi connectivity index (χ0v) is 16.9. The van der Waals surface area contributed by atoms with Gasteiger partial charge in [-0.3, -0.25) is 14.2 Å². The third-order valence-corrected chi connectivity index (χ3v) is 5.51. The number of halogens is 1. The molecule has 0 radical (unpaired) electrons. The third-order valence-electron chi connectivity index (χ3n) is 4.42. The number of aromatic nitrogens is 2. The van der Waals surface area contributed by atoms with Crippen molar-refractivity contribution in [3.8, 4) is 0 Å². The van der Waals surface area contributed by atoms with Crippen LogP contribution in [0.2, 0.25) is 0 Å². The van der Waals surface area contributed by atoms with Crippen LogP contribution in [0.25, 0.3) is 10.9 Å². The minimum absolute atomic E-state index is 0.148. The number of thioether (sulfide) groups is 1. The summed E-state index contributed by atoms with van der Waals surface area (Å²) in [6.45, 7) is 6.24. The molecule has 150 valence electrons. The fourth-order valence-corrected chi connectivity index (χ4v) is 3.81. The molecule has 1 heterocycles. The normalized spacial score (nSPS) is 11.9. The molecule has 7 heteroatoms. The van der Waals surface area contributed by atoms with Crippen molar-refractivity contribution < 1.29 is 9.18 Å². The zero-order valence-electron chi connectivity index (χ0n) is 16.1. The maximum Gasteiger partial charge on any atom is 0.262 e. The Bertz CT molecular complexity index is 1080. The van der Waals surface area contributed by atoms with E-state index in [1.54, 1.807) is 43.3 Å². The lowest BCUT2D eigenvalue weighted by Gasteiger charge is -2.15. The minimum Gasteiger partial charge on any atom is -0.355 e. The van der Waals surface area contributed by atoms with E-state index >= 15 is 0 Å². The Labute approximate surface area is 172 Å². The number of nitrogens with zero attached hydrogens (tertiary/aromatic N) is 2. The van der Waals surface area contributed by atoms with Crippen LogP contribution >= 0.6 is 11.8 Å². The third kappa shape index (κ3) is 5.12. The summed E-state index contributed by atoms with van der Waals surface area (Å²) in [5.74, 6) is -0.430. The molecule has 0 aliphatic heterocycles. The van der Waals surface area contributed by atoms with Crippen LogP contribution in [-0.4, -0.2) is 27.3 Å². The number of fused-ring (bicyclic) bond motifs is 1. The van der Waals surface area contributed by atoms with E-state index in [-0.39, 0.29) is 17.3 Å².